The zero-order valence-corrected chi connectivity index (χ0v) is 6.68. The first-order chi connectivity index (χ1) is 4.31. The first-order valence-corrected chi connectivity index (χ1v) is 3.66. The summed E-state index contributed by atoms with van der Waals surface area (Å²) in [6, 6.07) is 0. The lowest BCUT2D eigenvalue weighted by atomic mass is 10.1. The molecule has 0 N–H and O–H groups in total. The minimum Gasteiger partial charge on any atom is -0.381 e. The molecule has 0 aromatic rings. The molecule has 0 aliphatic carbocycles. The van der Waals surface area contributed by atoms with Crippen LogP contribution in [0.2, 0.25) is 0 Å². The lowest BCUT2D eigenvalue weighted by molar-refractivity contribution is 0.120. The third kappa shape index (κ3) is 5.84. The van der Waals surface area contributed by atoms with E-state index in [0.29, 0.717) is 5.92 Å². The maximum absolute atomic E-state index is 5.28. The van der Waals surface area contributed by atoms with Crippen molar-refractivity contribution in [2.75, 3.05) is 13.2 Å². The third-order valence-corrected chi connectivity index (χ3v) is 1.38. The van der Waals surface area contributed by atoms with Crippen molar-refractivity contribution in [2.24, 2.45) is 5.92 Å². The topological polar surface area (TPSA) is 9.23 Å². The van der Waals surface area contributed by atoms with Crippen molar-refractivity contribution in [1.29, 1.82) is 0 Å². The van der Waals surface area contributed by atoms with Gasteiger partial charge in [-0.1, -0.05) is 27.2 Å². The van der Waals surface area contributed by atoms with Gasteiger partial charge in [0.25, 0.3) is 0 Å². The molecule has 9 heavy (non-hydrogen) atoms. The predicted octanol–water partition coefficient (Wildman–Crippen LogP) is 2.27. The van der Waals surface area contributed by atoms with Crippen LogP contribution in [-0.2, 0) is 4.74 Å². The van der Waals surface area contributed by atoms with Crippen LogP contribution in [0, 0.1) is 12.3 Å². The molecule has 0 bridgehead atoms. The van der Waals surface area contributed by atoms with E-state index < -0.39 is 0 Å². The van der Waals surface area contributed by atoms with Crippen molar-refractivity contribution < 1.29 is 4.74 Å². The molecule has 1 heteroatoms. The van der Waals surface area contributed by atoms with Crippen LogP contribution in [0.1, 0.15) is 27.2 Å². The average Bonchev–Trinajstić information content (AvgIpc) is 1.89. The van der Waals surface area contributed by atoms with Gasteiger partial charge in [-0.25, -0.2) is 0 Å². The van der Waals surface area contributed by atoms with E-state index in [1.165, 1.54) is 6.42 Å². The van der Waals surface area contributed by atoms with Gasteiger partial charge in [0.2, 0.25) is 0 Å². The Hall–Kier alpha value is -0.0400. The molecule has 1 radical (unpaired) electrons. The van der Waals surface area contributed by atoms with Crippen molar-refractivity contribution in [3.63, 3.8) is 0 Å². The van der Waals surface area contributed by atoms with E-state index in [-0.39, 0.29) is 0 Å². The maximum atomic E-state index is 5.28. The van der Waals surface area contributed by atoms with Gasteiger partial charge in [-0.15, -0.1) is 0 Å². The van der Waals surface area contributed by atoms with Crippen LogP contribution in [0.4, 0.5) is 0 Å². The van der Waals surface area contributed by atoms with Crippen LogP contribution in [0.25, 0.3) is 0 Å². The fourth-order valence-electron chi connectivity index (χ4n) is 0.505. The van der Waals surface area contributed by atoms with E-state index in [0.717, 1.165) is 13.2 Å². The molecule has 1 nitrogen and oxygen atoms in total. The summed E-state index contributed by atoms with van der Waals surface area (Å²) in [6.45, 7) is 8.10. The summed E-state index contributed by atoms with van der Waals surface area (Å²) >= 11 is 0. The fourth-order valence-corrected chi connectivity index (χ4v) is 0.505. The smallest absolute Gasteiger partial charge is 0.0495 e. The van der Waals surface area contributed by atoms with E-state index in [9.17, 15) is 0 Å². The largest absolute Gasteiger partial charge is 0.381 e. The molecule has 1 atom stereocenters. The van der Waals surface area contributed by atoms with Crippen LogP contribution in [0.3, 0.4) is 0 Å². The Morgan fingerprint density at radius 3 is 2.67 bits per heavy atom. The van der Waals surface area contributed by atoms with Gasteiger partial charge in [0.05, 0.1) is 0 Å². The van der Waals surface area contributed by atoms with Gasteiger partial charge in [-0.3, -0.25) is 0 Å². The van der Waals surface area contributed by atoms with Crippen molar-refractivity contribution in [2.45, 2.75) is 27.2 Å². The summed E-state index contributed by atoms with van der Waals surface area (Å²) in [6.07, 6.45) is 3.24. The summed E-state index contributed by atoms with van der Waals surface area (Å²) in [5.74, 6) is 0.713. The van der Waals surface area contributed by atoms with E-state index in [4.69, 9.17) is 4.74 Å². The van der Waals surface area contributed by atoms with E-state index in [1.807, 2.05) is 13.3 Å². The average molecular weight is 129 g/mol. The molecule has 0 aromatic heterocycles. The Balaban J connectivity index is 2.88. The molecule has 0 spiro atoms. The predicted molar refractivity (Wildman–Crippen MR) is 40.2 cm³/mol. The monoisotopic (exact) mass is 129 g/mol. The number of ether oxygens (including phenoxy) is 1. The Bertz CT molecular complexity index is 52.5. The molecule has 0 aliphatic rings. The van der Waals surface area contributed by atoms with Crippen molar-refractivity contribution in [3.8, 4) is 0 Å². The summed E-state index contributed by atoms with van der Waals surface area (Å²) in [5, 5.41) is 0. The summed E-state index contributed by atoms with van der Waals surface area (Å²) < 4.78 is 5.28. The van der Waals surface area contributed by atoms with Crippen molar-refractivity contribution in [1.82, 2.24) is 0 Å². The molecule has 0 saturated carbocycles. The van der Waals surface area contributed by atoms with Gasteiger partial charge in [-0.2, -0.15) is 0 Å². The van der Waals surface area contributed by atoms with Crippen molar-refractivity contribution in [3.05, 3.63) is 6.42 Å². The highest BCUT2D eigenvalue weighted by Gasteiger charge is 1.95. The minimum absolute atomic E-state index is 0.713. The Morgan fingerprint density at radius 2 is 2.22 bits per heavy atom. The Kier molecular flexibility index (Phi) is 6.06. The molecule has 0 rings (SSSR count). The van der Waals surface area contributed by atoms with Crippen LogP contribution >= 0.6 is 0 Å². The lowest BCUT2D eigenvalue weighted by Crippen LogP contribution is -2.04. The molecule has 0 saturated heterocycles. The second-order valence-electron chi connectivity index (χ2n) is 2.46. The number of hydrogen-bond acceptors (Lipinski definition) is 1. The van der Waals surface area contributed by atoms with Gasteiger partial charge in [0.1, 0.15) is 0 Å². The molecule has 0 amide bonds. The highest BCUT2D eigenvalue weighted by molar-refractivity contribution is 4.53. The second-order valence-corrected chi connectivity index (χ2v) is 2.46. The van der Waals surface area contributed by atoms with Crippen LogP contribution in [-0.4, -0.2) is 13.2 Å². The number of hydrogen-bond donors (Lipinski definition) is 0. The van der Waals surface area contributed by atoms with Gasteiger partial charge in [-0.05, 0) is 12.3 Å². The van der Waals surface area contributed by atoms with Gasteiger partial charge in [0.15, 0.2) is 0 Å². The Labute approximate surface area is 58.4 Å². The number of rotatable bonds is 5. The third-order valence-electron chi connectivity index (χ3n) is 1.38. The summed E-state index contributed by atoms with van der Waals surface area (Å²) in [4.78, 5) is 0. The molecule has 0 aromatic carbocycles. The first-order valence-electron chi connectivity index (χ1n) is 3.66. The Morgan fingerprint density at radius 1 is 1.56 bits per heavy atom. The normalized spacial score (nSPS) is 13.7. The zero-order valence-electron chi connectivity index (χ0n) is 6.68. The van der Waals surface area contributed by atoms with Crippen LogP contribution in [0.5, 0.6) is 0 Å². The minimum atomic E-state index is 0.713. The molecular weight excluding hydrogens is 112 g/mol. The molecular formula is C8H17O. The zero-order chi connectivity index (χ0) is 7.11. The van der Waals surface area contributed by atoms with E-state index in [2.05, 4.69) is 13.8 Å². The maximum Gasteiger partial charge on any atom is 0.0495 e. The van der Waals surface area contributed by atoms with Crippen LogP contribution < -0.4 is 0 Å². The quantitative estimate of drug-likeness (QED) is 0.517. The van der Waals surface area contributed by atoms with Gasteiger partial charge >= 0.3 is 0 Å². The van der Waals surface area contributed by atoms with E-state index in [1.54, 1.807) is 0 Å². The molecule has 0 heterocycles. The second kappa shape index (κ2) is 6.09. The first kappa shape index (κ1) is 8.96. The van der Waals surface area contributed by atoms with Gasteiger partial charge in [0, 0.05) is 13.2 Å². The summed E-state index contributed by atoms with van der Waals surface area (Å²) in [7, 11) is 0. The van der Waals surface area contributed by atoms with Crippen LogP contribution in [0.15, 0.2) is 0 Å². The van der Waals surface area contributed by atoms with E-state index >= 15 is 0 Å². The highest BCUT2D eigenvalue weighted by Crippen LogP contribution is 1.99. The fraction of sp³-hybridized carbons (Fsp3) is 0.875. The lowest BCUT2D eigenvalue weighted by Gasteiger charge is -2.07. The summed E-state index contributed by atoms with van der Waals surface area (Å²) in [5.41, 5.74) is 0. The molecule has 55 valence electrons. The highest BCUT2D eigenvalue weighted by atomic mass is 16.5. The SMILES string of the molecule is C[CH]COCC(C)CC. The van der Waals surface area contributed by atoms with Gasteiger partial charge < -0.3 is 4.74 Å². The molecule has 0 aliphatic heterocycles. The molecule has 0 fully saturated rings. The molecule has 1 unspecified atom stereocenters. The standard InChI is InChI=1S/C8H17O/c1-4-6-9-7-8(3)5-2/h4,8H,5-7H2,1-3H3. The van der Waals surface area contributed by atoms with Crippen molar-refractivity contribution >= 4 is 0 Å².